The molecule has 1 saturated carbocycles. The number of hydrogen-bond acceptors (Lipinski definition) is 3. The van der Waals surface area contributed by atoms with Crippen LogP contribution in [0.25, 0.3) is 0 Å². The van der Waals surface area contributed by atoms with Crippen molar-refractivity contribution in [1.29, 1.82) is 0 Å². The van der Waals surface area contributed by atoms with Crippen LogP contribution in [0.15, 0.2) is 29.3 Å². The number of aliphatic hydroxyl groups is 1. The number of halogens is 4. The maximum atomic E-state index is 13.0. The lowest BCUT2D eigenvalue weighted by molar-refractivity contribution is -0.183. The molecule has 3 atom stereocenters. The molecule has 0 aliphatic heterocycles. The molecule has 0 heterocycles. The van der Waals surface area contributed by atoms with Crippen LogP contribution in [0.2, 0.25) is 0 Å². The first-order chi connectivity index (χ1) is 12.8. The van der Waals surface area contributed by atoms with E-state index in [4.69, 9.17) is 4.74 Å². The molecule has 0 aromatic heterocycles. The molecule has 160 valence electrons. The summed E-state index contributed by atoms with van der Waals surface area (Å²) in [6.07, 6.45) is -3.54. The second-order valence-electron chi connectivity index (χ2n) is 6.76. The maximum absolute atomic E-state index is 13.0. The molecule has 9 heteroatoms. The van der Waals surface area contributed by atoms with Gasteiger partial charge in [0, 0.05) is 12.6 Å². The smallest absolute Gasteiger partial charge is 0.391 e. The van der Waals surface area contributed by atoms with E-state index in [9.17, 15) is 18.3 Å². The van der Waals surface area contributed by atoms with Gasteiger partial charge in [-0.2, -0.15) is 13.2 Å². The van der Waals surface area contributed by atoms with Gasteiger partial charge in [-0.1, -0.05) is 18.6 Å². The molecule has 0 bridgehead atoms. The fourth-order valence-corrected chi connectivity index (χ4v) is 3.26. The van der Waals surface area contributed by atoms with Crippen molar-refractivity contribution < 1.29 is 23.0 Å². The fraction of sp³-hybridized carbons (Fsp3) is 0.632. The lowest BCUT2D eigenvalue weighted by Gasteiger charge is -2.32. The number of benzene rings is 1. The van der Waals surface area contributed by atoms with Crippen LogP contribution in [-0.2, 0) is 0 Å². The fourth-order valence-electron chi connectivity index (χ4n) is 3.26. The number of methoxy groups -OCH3 is 1. The largest absolute Gasteiger partial charge is 0.497 e. The Morgan fingerprint density at radius 2 is 2.11 bits per heavy atom. The topological polar surface area (TPSA) is 65.9 Å². The molecule has 0 saturated heterocycles. The number of ether oxygens (including phenoxy) is 1. The Morgan fingerprint density at radius 1 is 1.36 bits per heavy atom. The first-order valence-electron chi connectivity index (χ1n) is 9.27. The zero-order chi connectivity index (χ0) is 19.9. The van der Waals surface area contributed by atoms with E-state index in [0.717, 1.165) is 0 Å². The van der Waals surface area contributed by atoms with E-state index in [-0.39, 0.29) is 49.4 Å². The molecule has 2 rings (SSSR count). The molecular formula is C19H29F3IN3O2. The van der Waals surface area contributed by atoms with Crippen molar-refractivity contribution in [3.63, 3.8) is 0 Å². The molecule has 3 N–H and O–H groups in total. The molecule has 1 aromatic carbocycles. The minimum Gasteiger partial charge on any atom is -0.497 e. The highest BCUT2D eigenvalue weighted by atomic mass is 127. The number of hydrogen-bond donors (Lipinski definition) is 3. The van der Waals surface area contributed by atoms with Crippen molar-refractivity contribution in [3.05, 3.63) is 29.8 Å². The van der Waals surface area contributed by atoms with Gasteiger partial charge in [-0.15, -0.1) is 24.0 Å². The van der Waals surface area contributed by atoms with Crippen LogP contribution in [-0.4, -0.2) is 43.5 Å². The van der Waals surface area contributed by atoms with E-state index in [1.807, 2.05) is 6.92 Å². The van der Waals surface area contributed by atoms with Gasteiger partial charge in [-0.05, 0) is 43.9 Å². The summed E-state index contributed by atoms with van der Waals surface area (Å²) >= 11 is 0. The van der Waals surface area contributed by atoms with E-state index in [2.05, 4.69) is 15.6 Å². The van der Waals surface area contributed by atoms with Gasteiger partial charge in [0.25, 0.3) is 0 Å². The Morgan fingerprint density at radius 3 is 2.75 bits per heavy atom. The SMILES string of the molecule is CCNC(=NCC(O)c1cccc(OC)c1)NC1CCCC(C(F)(F)F)C1.I. The molecule has 0 amide bonds. The van der Waals surface area contributed by atoms with Gasteiger partial charge in [0.05, 0.1) is 25.7 Å². The third-order valence-corrected chi connectivity index (χ3v) is 4.72. The third-order valence-electron chi connectivity index (χ3n) is 4.72. The molecular weight excluding hydrogens is 486 g/mol. The Balaban J connectivity index is 0.00000392. The van der Waals surface area contributed by atoms with Crippen LogP contribution in [0.4, 0.5) is 13.2 Å². The lowest BCUT2D eigenvalue weighted by Crippen LogP contribution is -2.47. The summed E-state index contributed by atoms with van der Waals surface area (Å²) in [5, 5.41) is 16.5. The zero-order valence-electron chi connectivity index (χ0n) is 16.1. The Kier molecular flexibility index (Phi) is 10.4. The van der Waals surface area contributed by atoms with Crippen molar-refractivity contribution in [2.24, 2.45) is 10.9 Å². The highest BCUT2D eigenvalue weighted by Crippen LogP contribution is 2.37. The Labute approximate surface area is 181 Å². The van der Waals surface area contributed by atoms with Crippen molar-refractivity contribution in [2.45, 2.75) is 50.9 Å². The van der Waals surface area contributed by atoms with Gasteiger partial charge in [0.1, 0.15) is 5.75 Å². The Hall–Kier alpha value is -1.23. The monoisotopic (exact) mass is 515 g/mol. The average molecular weight is 515 g/mol. The van der Waals surface area contributed by atoms with E-state index < -0.39 is 18.2 Å². The molecule has 0 spiro atoms. The number of alkyl halides is 3. The van der Waals surface area contributed by atoms with Crippen LogP contribution in [0.3, 0.4) is 0 Å². The zero-order valence-corrected chi connectivity index (χ0v) is 18.5. The summed E-state index contributed by atoms with van der Waals surface area (Å²) in [5.74, 6) is -0.206. The van der Waals surface area contributed by atoms with Crippen molar-refractivity contribution in [1.82, 2.24) is 10.6 Å². The summed E-state index contributed by atoms with van der Waals surface area (Å²) in [5.41, 5.74) is 0.670. The van der Waals surface area contributed by atoms with E-state index in [1.54, 1.807) is 31.4 Å². The molecule has 28 heavy (non-hydrogen) atoms. The second kappa shape index (κ2) is 11.7. The number of aliphatic imine (C=N–C) groups is 1. The van der Waals surface area contributed by atoms with Crippen molar-refractivity contribution in [2.75, 3.05) is 20.2 Å². The van der Waals surface area contributed by atoms with Crippen LogP contribution < -0.4 is 15.4 Å². The minimum absolute atomic E-state index is 0. The molecule has 1 aromatic rings. The van der Waals surface area contributed by atoms with Gasteiger partial charge in [0.15, 0.2) is 5.96 Å². The van der Waals surface area contributed by atoms with Gasteiger partial charge in [-0.25, -0.2) is 0 Å². The molecule has 1 fully saturated rings. The van der Waals surface area contributed by atoms with Gasteiger partial charge in [-0.3, -0.25) is 4.99 Å². The first-order valence-corrected chi connectivity index (χ1v) is 9.27. The molecule has 3 unspecified atom stereocenters. The second-order valence-corrected chi connectivity index (χ2v) is 6.76. The number of nitrogens with zero attached hydrogens (tertiary/aromatic N) is 1. The standard InChI is InChI=1S/C19H28F3N3O2.HI/c1-3-23-18(25-15-8-5-7-14(11-15)19(20,21)22)24-12-17(26)13-6-4-9-16(10-13)27-2;/h4,6,9-10,14-15,17,26H,3,5,7-8,11-12H2,1-2H3,(H2,23,24,25);1H. The van der Waals surface area contributed by atoms with Gasteiger partial charge in [0.2, 0.25) is 0 Å². The van der Waals surface area contributed by atoms with Crippen molar-refractivity contribution >= 4 is 29.9 Å². The number of aliphatic hydroxyl groups excluding tert-OH is 1. The van der Waals surface area contributed by atoms with Gasteiger partial charge < -0.3 is 20.5 Å². The van der Waals surface area contributed by atoms with E-state index in [0.29, 0.717) is 36.7 Å². The quantitative estimate of drug-likeness (QED) is 0.304. The lowest BCUT2D eigenvalue weighted by atomic mass is 9.85. The van der Waals surface area contributed by atoms with E-state index in [1.165, 1.54) is 0 Å². The highest BCUT2D eigenvalue weighted by molar-refractivity contribution is 14.0. The predicted octanol–water partition coefficient (Wildman–Crippen LogP) is 4.02. The van der Waals surface area contributed by atoms with Crippen LogP contribution in [0.1, 0.15) is 44.3 Å². The molecule has 1 aliphatic carbocycles. The number of rotatable bonds is 6. The normalized spacial score (nSPS) is 21.4. The molecule has 0 radical (unpaired) electrons. The van der Waals surface area contributed by atoms with Crippen LogP contribution in [0, 0.1) is 5.92 Å². The average Bonchev–Trinajstić information content (AvgIpc) is 2.65. The molecule has 1 aliphatic rings. The highest BCUT2D eigenvalue weighted by Gasteiger charge is 2.42. The summed E-state index contributed by atoms with van der Waals surface area (Å²) in [7, 11) is 1.55. The summed E-state index contributed by atoms with van der Waals surface area (Å²) in [4.78, 5) is 4.35. The third kappa shape index (κ3) is 7.65. The predicted molar refractivity (Wildman–Crippen MR) is 114 cm³/mol. The van der Waals surface area contributed by atoms with Crippen LogP contribution in [0.5, 0.6) is 5.75 Å². The van der Waals surface area contributed by atoms with Crippen molar-refractivity contribution in [3.8, 4) is 5.75 Å². The number of guanidine groups is 1. The minimum atomic E-state index is -4.15. The summed E-state index contributed by atoms with van der Waals surface area (Å²) < 4.78 is 44.1. The first kappa shape index (κ1) is 24.8. The summed E-state index contributed by atoms with van der Waals surface area (Å²) in [6, 6.07) is 6.79. The van der Waals surface area contributed by atoms with E-state index >= 15 is 0 Å². The number of nitrogens with one attached hydrogen (secondary N) is 2. The maximum Gasteiger partial charge on any atom is 0.391 e. The molecule has 5 nitrogen and oxygen atoms in total. The summed E-state index contributed by atoms with van der Waals surface area (Å²) in [6.45, 7) is 2.56. The van der Waals surface area contributed by atoms with Gasteiger partial charge >= 0.3 is 6.18 Å². The van der Waals surface area contributed by atoms with Crippen LogP contribution >= 0.6 is 24.0 Å². The Bertz CT molecular complexity index is 629.